The summed E-state index contributed by atoms with van der Waals surface area (Å²) in [6.45, 7) is 4.24. The van der Waals surface area contributed by atoms with E-state index in [-0.39, 0.29) is 5.91 Å². The average molecular weight is 393 g/mol. The summed E-state index contributed by atoms with van der Waals surface area (Å²) in [7, 11) is 1.55. The molecule has 0 atom stereocenters. The van der Waals surface area contributed by atoms with Crippen molar-refractivity contribution in [2.24, 2.45) is 4.99 Å². The van der Waals surface area contributed by atoms with E-state index in [9.17, 15) is 4.79 Å². The number of hydrogen-bond donors (Lipinski definition) is 0. The summed E-state index contributed by atoms with van der Waals surface area (Å²) in [6.07, 6.45) is 1.73. The van der Waals surface area contributed by atoms with Gasteiger partial charge < -0.3 is 9.30 Å². The molecule has 3 rings (SSSR count). The third-order valence-electron chi connectivity index (χ3n) is 3.52. The molecule has 0 aliphatic heterocycles. The molecule has 0 bridgehead atoms. The highest BCUT2D eigenvalue weighted by atomic mass is 35.5. The Hall–Kier alpha value is -2.08. The van der Waals surface area contributed by atoms with Crippen molar-refractivity contribution in [1.82, 2.24) is 4.57 Å². The van der Waals surface area contributed by atoms with Crippen molar-refractivity contribution in [3.8, 4) is 5.75 Å². The van der Waals surface area contributed by atoms with Gasteiger partial charge in [0.1, 0.15) is 5.75 Å². The van der Waals surface area contributed by atoms with Gasteiger partial charge in [0.25, 0.3) is 5.91 Å². The molecule has 4 nitrogen and oxygen atoms in total. The monoisotopic (exact) mass is 392 g/mol. The predicted molar refractivity (Wildman–Crippen MR) is 103 cm³/mol. The van der Waals surface area contributed by atoms with Crippen molar-refractivity contribution in [2.45, 2.75) is 6.54 Å². The number of ether oxygens (including phenoxy) is 1. The van der Waals surface area contributed by atoms with Crippen molar-refractivity contribution in [2.75, 3.05) is 7.11 Å². The maximum absolute atomic E-state index is 12.6. The quantitative estimate of drug-likeness (QED) is 0.589. The molecule has 0 radical (unpaired) electrons. The predicted octanol–water partition coefficient (Wildman–Crippen LogP) is 4.95. The number of hydrogen-bond acceptors (Lipinski definition) is 3. The van der Waals surface area contributed by atoms with E-state index in [0.29, 0.717) is 32.7 Å². The first kappa shape index (κ1) is 17.7. The van der Waals surface area contributed by atoms with Gasteiger partial charge in [-0.2, -0.15) is 4.99 Å². The van der Waals surface area contributed by atoms with Crippen LogP contribution >= 0.6 is 34.5 Å². The number of amides is 1. The fourth-order valence-electron chi connectivity index (χ4n) is 2.42. The number of halogens is 2. The van der Waals surface area contributed by atoms with Crippen molar-refractivity contribution < 1.29 is 9.53 Å². The minimum absolute atomic E-state index is 0.356. The summed E-state index contributed by atoms with van der Waals surface area (Å²) in [4.78, 5) is 17.4. The van der Waals surface area contributed by atoms with Gasteiger partial charge in [-0.25, -0.2) is 0 Å². The van der Waals surface area contributed by atoms with E-state index >= 15 is 0 Å². The molecule has 0 aliphatic carbocycles. The van der Waals surface area contributed by atoms with E-state index < -0.39 is 0 Å². The number of carbonyl (C=O) groups excluding carboxylic acids is 1. The third-order valence-corrected chi connectivity index (χ3v) is 5.05. The zero-order valence-electron chi connectivity index (χ0n) is 13.3. The first-order chi connectivity index (χ1) is 12.0. The number of aromatic nitrogens is 1. The maximum Gasteiger partial charge on any atom is 0.279 e. The van der Waals surface area contributed by atoms with E-state index in [1.54, 1.807) is 43.5 Å². The zero-order valence-corrected chi connectivity index (χ0v) is 15.7. The summed E-state index contributed by atoms with van der Waals surface area (Å²) in [5.41, 5.74) is 1.24. The van der Waals surface area contributed by atoms with Crippen LogP contribution in [-0.4, -0.2) is 17.6 Å². The largest absolute Gasteiger partial charge is 0.497 e. The molecule has 0 spiro atoms. The van der Waals surface area contributed by atoms with Crippen LogP contribution in [0, 0.1) is 0 Å². The number of nitrogens with zero attached hydrogens (tertiary/aromatic N) is 2. The molecule has 0 unspecified atom stereocenters. The lowest BCUT2D eigenvalue weighted by molar-refractivity contribution is 0.0997. The molecule has 0 fully saturated rings. The van der Waals surface area contributed by atoms with Crippen LogP contribution in [0.1, 0.15) is 10.4 Å². The molecule has 25 heavy (non-hydrogen) atoms. The van der Waals surface area contributed by atoms with Crippen molar-refractivity contribution >= 4 is 50.7 Å². The Morgan fingerprint density at radius 3 is 2.88 bits per heavy atom. The lowest BCUT2D eigenvalue weighted by Crippen LogP contribution is -2.16. The van der Waals surface area contributed by atoms with Gasteiger partial charge in [-0.15, -0.1) is 6.58 Å². The number of fused-ring (bicyclic) bond motifs is 1. The molecule has 1 amide bonds. The summed E-state index contributed by atoms with van der Waals surface area (Å²) in [5.74, 6) is 0.247. The molecule has 0 aliphatic rings. The Labute approximate surface area is 158 Å². The molecule has 2 aromatic carbocycles. The van der Waals surface area contributed by atoms with Crippen LogP contribution in [-0.2, 0) is 6.54 Å². The van der Waals surface area contributed by atoms with Crippen LogP contribution in [0.3, 0.4) is 0 Å². The summed E-state index contributed by atoms with van der Waals surface area (Å²) in [5, 5.41) is 1.05. The second-order valence-corrected chi connectivity index (χ2v) is 7.02. The second kappa shape index (κ2) is 7.44. The standard InChI is InChI=1S/C18H14Cl2N2O2S/c1-3-7-22-16-14(20)9-12(19)10-15(16)25-18(22)21-17(23)11-5-4-6-13(8-11)24-2/h3-6,8-10H,1,7H2,2H3. The van der Waals surface area contributed by atoms with Crippen molar-refractivity contribution in [3.63, 3.8) is 0 Å². The fraction of sp³-hybridized carbons (Fsp3) is 0.111. The summed E-state index contributed by atoms with van der Waals surface area (Å²) >= 11 is 13.8. The van der Waals surface area contributed by atoms with Crippen LogP contribution in [0.5, 0.6) is 5.75 Å². The van der Waals surface area contributed by atoms with Gasteiger partial charge in [0.15, 0.2) is 4.80 Å². The highest BCUT2D eigenvalue weighted by molar-refractivity contribution is 7.16. The molecule has 1 heterocycles. The number of rotatable bonds is 4. The molecule has 3 aromatic rings. The normalized spacial score (nSPS) is 11.7. The summed E-state index contributed by atoms with van der Waals surface area (Å²) < 4.78 is 7.86. The minimum atomic E-state index is -0.356. The molecular weight excluding hydrogens is 379 g/mol. The van der Waals surface area contributed by atoms with Gasteiger partial charge in [-0.3, -0.25) is 4.79 Å². The topological polar surface area (TPSA) is 43.6 Å². The molecule has 1 aromatic heterocycles. The highest BCUT2D eigenvalue weighted by Crippen LogP contribution is 2.29. The Balaban J connectivity index is 2.17. The van der Waals surface area contributed by atoms with Crippen molar-refractivity contribution in [3.05, 3.63) is 69.5 Å². The molecular formula is C18H14Cl2N2O2S. The smallest absolute Gasteiger partial charge is 0.279 e. The van der Waals surface area contributed by atoms with Gasteiger partial charge in [-0.05, 0) is 30.3 Å². The van der Waals surface area contributed by atoms with Crippen LogP contribution in [0.2, 0.25) is 10.0 Å². The van der Waals surface area contributed by atoms with E-state index in [1.807, 2.05) is 10.6 Å². The number of thiazole rings is 1. The van der Waals surface area contributed by atoms with Crippen molar-refractivity contribution in [1.29, 1.82) is 0 Å². The Morgan fingerprint density at radius 1 is 1.36 bits per heavy atom. The second-order valence-electron chi connectivity index (χ2n) is 5.17. The van der Waals surface area contributed by atoms with Crippen LogP contribution in [0.15, 0.2) is 54.0 Å². The van der Waals surface area contributed by atoms with Gasteiger partial charge in [0.05, 0.1) is 22.3 Å². The van der Waals surface area contributed by atoms with Crippen LogP contribution in [0.25, 0.3) is 10.2 Å². The third kappa shape index (κ3) is 3.63. The van der Waals surface area contributed by atoms with E-state index in [0.717, 1.165) is 10.2 Å². The first-order valence-electron chi connectivity index (χ1n) is 7.36. The number of carbonyl (C=O) groups is 1. The molecule has 0 saturated carbocycles. The van der Waals surface area contributed by atoms with Gasteiger partial charge in [0.2, 0.25) is 0 Å². The lowest BCUT2D eigenvalue weighted by atomic mass is 10.2. The van der Waals surface area contributed by atoms with Crippen LogP contribution in [0.4, 0.5) is 0 Å². The van der Waals surface area contributed by atoms with Crippen LogP contribution < -0.4 is 9.54 Å². The van der Waals surface area contributed by atoms with Gasteiger partial charge in [-0.1, -0.05) is 46.7 Å². The molecule has 128 valence electrons. The Kier molecular flexibility index (Phi) is 5.27. The average Bonchev–Trinajstić information content (AvgIpc) is 2.92. The summed E-state index contributed by atoms with van der Waals surface area (Å²) in [6, 6.07) is 10.4. The number of benzene rings is 2. The van der Waals surface area contributed by atoms with Gasteiger partial charge >= 0.3 is 0 Å². The van der Waals surface area contributed by atoms with E-state index in [1.165, 1.54) is 11.3 Å². The zero-order chi connectivity index (χ0) is 18.0. The fourth-order valence-corrected chi connectivity index (χ4v) is 4.24. The molecule has 7 heteroatoms. The first-order valence-corrected chi connectivity index (χ1v) is 8.93. The lowest BCUT2D eigenvalue weighted by Gasteiger charge is -2.03. The van der Waals surface area contributed by atoms with E-state index in [2.05, 4.69) is 11.6 Å². The van der Waals surface area contributed by atoms with E-state index in [4.69, 9.17) is 27.9 Å². The molecule has 0 saturated heterocycles. The SMILES string of the molecule is C=CCn1c(=NC(=O)c2cccc(OC)c2)sc2cc(Cl)cc(Cl)c21. The minimum Gasteiger partial charge on any atom is -0.497 e. The number of allylic oxidation sites excluding steroid dienone is 1. The number of methoxy groups -OCH3 is 1. The van der Waals surface area contributed by atoms with Gasteiger partial charge in [0, 0.05) is 17.1 Å². The highest BCUT2D eigenvalue weighted by Gasteiger charge is 2.12. The molecule has 0 N–H and O–H groups in total. The maximum atomic E-state index is 12.6. The Bertz CT molecular complexity index is 1040. The Morgan fingerprint density at radius 2 is 2.16 bits per heavy atom.